The second-order valence-corrected chi connectivity index (χ2v) is 5.14. The summed E-state index contributed by atoms with van der Waals surface area (Å²) in [6.07, 6.45) is 3.30. The second kappa shape index (κ2) is 3.65. The lowest BCUT2D eigenvalue weighted by Gasteiger charge is -2.21. The van der Waals surface area contributed by atoms with Gasteiger partial charge in [-0.1, -0.05) is 12.1 Å². The highest BCUT2D eigenvalue weighted by Gasteiger charge is 2.36. The maximum absolute atomic E-state index is 13.9. The van der Waals surface area contributed by atoms with E-state index in [1.165, 1.54) is 23.7 Å². The van der Waals surface area contributed by atoms with Crippen LogP contribution >= 0.6 is 0 Å². The molecule has 0 saturated carbocycles. The summed E-state index contributed by atoms with van der Waals surface area (Å²) in [5.41, 5.74) is 3.73. The zero-order valence-corrected chi connectivity index (χ0v) is 9.91. The van der Waals surface area contributed by atoms with E-state index in [0.717, 1.165) is 18.5 Å². The van der Waals surface area contributed by atoms with Crippen molar-refractivity contribution in [3.8, 4) is 11.3 Å². The molecule has 2 aromatic rings. The van der Waals surface area contributed by atoms with Crippen LogP contribution in [0.2, 0.25) is 0 Å². The van der Waals surface area contributed by atoms with Crippen LogP contribution in [0.4, 0.5) is 4.39 Å². The van der Waals surface area contributed by atoms with Gasteiger partial charge in [-0.25, -0.2) is 4.39 Å². The van der Waals surface area contributed by atoms with Gasteiger partial charge in [0.1, 0.15) is 11.5 Å². The minimum atomic E-state index is -0.202. The molecule has 1 fully saturated rings. The first-order valence-corrected chi connectivity index (χ1v) is 6.41. The number of rotatable bonds is 1. The standard InChI is InChI=1S/C14H14FN3/c15-10-4-2-1-3-9(10)14-13-11-6-5-8(16-11)7-12(13)17-18-14/h1-4,8,11,16H,5-7H2,(H,17,18)/t8-,11+/m1/s1. The number of benzene rings is 1. The Morgan fingerprint density at radius 2 is 2.11 bits per heavy atom. The van der Waals surface area contributed by atoms with Crippen LogP contribution in [0.5, 0.6) is 0 Å². The minimum absolute atomic E-state index is 0.202. The zero-order valence-electron chi connectivity index (χ0n) is 9.91. The van der Waals surface area contributed by atoms with Gasteiger partial charge in [-0.2, -0.15) is 5.10 Å². The van der Waals surface area contributed by atoms with Gasteiger partial charge in [0, 0.05) is 35.3 Å². The van der Waals surface area contributed by atoms with Crippen molar-refractivity contribution < 1.29 is 4.39 Å². The number of aromatic amines is 1. The van der Waals surface area contributed by atoms with Crippen LogP contribution < -0.4 is 5.32 Å². The van der Waals surface area contributed by atoms with Crippen molar-refractivity contribution in [1.29, 1.82) is 0 Å². The Morgan fingerprint density at radius 1 is 1.22 bits per heavy atom. The maximum atomic E-state index is 13.9. The molecule has 2 aliphatic rings. The number of nitrogens with one attached hydrogen (secondary N) is 2. The van der Waals surface area contributed by atoms with Crippen molar-refractivity contribution >= 4 is 0 Å². The summed E-state index contributed by atoms with van der Waals surface area (Å²) in [4.78, 5) is 0. The topological polar surface area (TPSA) is 40.7 Å². The minimum Gasteiger partial charge on any atom is -0.307 e. The Morgan fingerprint density at radius 3 is 3.00 bits per heavy atom. The van der Waals surface area contributed by atoms with E-state index < -0.39 is 0 Å². The fraction of sp³-hybridized carbons (Fsp3) is 0.357. The fourth-order valence-corrected chi connectivity index (χ4v) is 3.23. The van der Waals surface area contributed by atoms with Crippen LogP contribution in [0.15, 0.2) is 24.3 Å². The maximum Gasteiger partial charge on any atom is 0.132 e. The molecule has 0 radical (unpaired) electrons. The molecular weight excluding hydrogens is 229 g/mol. The van der Waals surface area contributed by atoms with Gasteiger partial charge in [0.2, 0.25) is 0 Å². The molecule has 2 bridgehead atoms. The molecule has 1 saturated heterocycles. The zero-order chi connectivity index (χ0) is 12.1. The summed E-state index contributed by atoms with van der Waals surface area (Å²) in [6, 6.07) is 7.76. The molecule has 3 heterocycles. The van der Waals surface area contributed by atoms with Crippen molar-refractivity contribution in [2.45, 2.75) is 31.3 Å². The first-order valence-electron chi connectivity index (χ1n) is 6.41. The van der Waals surface area contributed by atoms with Crippen LogP contribution in [0.25, 0.3) is 11.3 Å². The van der Waals surface area contributed by atoms with E-state index in [-0.39, 0.29) is 5.82 Å². The Balaban J connectivity index is 1.89. The Kier molecular flexibility index (Phi) is 2.08. The third-order valence-electron chi connectivity index (χ3n) is 4.05. The molecule has 3 nitrogen and oxygen atoms in total. The number of halogens is 1. The van der Waals surface area contributed by atoms with Crippen molar-refractivity contribution in [3.05, 3.63) is 41.3 Å². The number of hydrogen-bond donors (Lipinski definition) is 2. The van der Waals surface area contributed by atoms with Crippen molar-refractivity contribution in [2.24, 2.45) is 0 Å². The van der Waals surface area contributed by atoms with Gasteiger partial charge in [-0.15, -0.1) is 0 Å². The van der Waals surface area contributed by atoms with Crippen LogP contribution in [0.3, 0.4) is 0 Å². The van der Waals surface area contributed by atoms with E-state index in [1.807, 2.05) is 6.07 Å². The summed E-state index contributed by atoms with van der Waals surface area (Å²) in [7, 11) is 0. The fourth-order valence-electron chi connectivity index (χ4n) is 3.23. The average molecular weight is 243 g/mol. The molecule has 0 spiro atoms. The van der Waals surface area contributed by atoms with Crippen molar-refractivity contribution in [2.75, 3.05) is 0 Å². The highest BCUT2D eigenvalue weighted by atomic mass is 19.1. The molecule has 92 valence electrons. The van der Waals surface area contributed by atoms with Crippen LogP contribution in [-0.2, 0) is 6.42 Å². The summed E-state index contributed by atoms with van der Waals surface area (Å²) >= 11 is 0. The number of nitrogens with zero attached hydrogens (tertiary/aromatic N) is 1. The third-order valence-corrected chi connectivity index (χ3v) is 4.05. The Bertz CT molecular complexity index is 605. The lowest BCUT2D eigenvalue weighted by Crippen LogP contribution is -2.31. The average Bonchev–Trinajstić information content (AvgIpc) is 2.96. The SMILES string of the molecule is Fc1ccccc1-c1n[nH]c2c1[C@@H]1CC[C@H](C2)N1. The van der Waals surface area contributed by atoms with Gasteiger partial charge >= 0.3 is 0 Å². The number of fused-ring (bicyclic) bond motifs is 4. The van der Waals surface area contributed by atoms with Gasteiger partial charge in [0.25, 0.3) is 0 Å². The van der Waals surface area contributed by atoms with Gasteiger partial charge in [-0.3, -0.25) is 5.10 Å². The molecule has 2 atom stereocenters. The van der Waals surface area contributed by atoms with Gasteiger partial charge in [0.05, 0.1) is 0 Å². The number of aromatic nitrogens is 2. The summed E-state index contributed by atoms with van der Waals surface area (Å²) < 4.78 is 13.9. The molecule has 0 aliphatic carbocycles. The summed E-state index contributed by atoms with van der Waals surface area (Å²) in [5.74, 6) is -0.202. The largest absolute Gasteiger partial charge is 0.307 e. The molecule has 4 heteroatoms. The molecular formula is C14H14FN3. The monoisotopic (exact) mass is 243 g/mol. The van der Waals surface area contributed by atoms with Crippen LogP contribution in [0.1, 0.15) is 30.1 Å². The van der Waals surface area contributed by atoms with E-state index >= 15 is 0 Å². The summed E-state index contributed by atoms with van der Waals surface area (Å²) in [5, 5.41) is 11.0. The van der Waals surface area contributed by atoms with Gasteiger partial charge in [-0.05, 0) is 25.0 Å². The van der Waals surface area contributed by atoms with E-state index in [2.05, 4.69) is 15.5 Å². The molecule has 1 aromatic heterocycles. The number of hydrogen-bond acceptors (Lipinski definition) is 2. The highest BCUT2D eigenvalue weighted by Crippen LogP contribution is 2.40. The van der Waals surface area contributed by atoms with Crippen molar-refractivity contribution in [1.82, 2.24) is 15.5 Å². The Hall–Kier alpha value is -1.68. The normalized spacial score (nSPS) is 25.2. The smallest absolute Gasteiger partial charge is 0.132 e. The molecule has 4 rings (SSSR count). The third kappa shape index (κ3) is 1.35. The van der Waals surface area contributed by atoms with Crippen molar-refractivity contribution in [3.63, 3.8) is 0 Å². The molecule has 0 unspecified atom stereocenters. The lowest BCUT2D eigenvalue weighted by molar-refractivity contribution is 0.511. The first kappa shape index (κ1) is 10.3. The van der Waals surface area contributed by atoms with Crippen LogP contribution in [0, 0.1) is 5.82 Å². The van der Waals surface area contributed by atoms with Crippen LogP contribution in [-0.4, -0.2) is 16.2 Å². The molecule has 1 aromatic carbocycles. The van der Waals surface area contributed by atoms with E-state index in [9.17, 15) is 4.39 Å². The lowest BCUT2D eigenvalue weighted by atomic mass is 9.96. The molecule has 18 heavy (non-hydrogen) atoms. The molecule has 0 amide bonds. The van der Waals surface area contributed by atoms with E-state index in [1.54, 1.807) is 12.1 Å². The quantitative estimate of drug-likeness (QED) is 0.808. The predicted molar refractivity (Wildman–Crippen MR) is 66.6 cm³/mol. The molecule has 2 aliphatic heterocycles. The van der Waals surface area contributed by atoms with Gasteiger partial charge in [0.15, 0.2) is 0 Å². The number of H-pyrrole nitrogens is 1. The van der Waals surface area contributed by atoms with Gasteiger partial charge < -0.3 is 5.32 Å². The highest BCUT2D eigenvalue weighted by molar-refractivity contribution is 5.66. The Labute approximate surface area is 104 Å². The predicted octanol–water partition coefficient (Wildman–Crippen LogP) is 2.57. The first-order chi connectivity index (χ1) is 8.83. The second-order valence-electron chi connectivity index (χ2n) is 5.14. The van der Waals surface area contributed by atoms with E-state index in [0.29, 0.717) is 17.6 Å². The summed E-state index contributed by atoms with van der Waals surface area (Å²) in [6.45, 7) is 0. The molecule has 2 N–H and O–H groups in total. The van der Waals surface area contributed by atoms with E-state index in [4.69, 9.17) is 0 Å².